The highest BCUT2D eigenvalue weighted by Gasteiger charge is 2.62. The van der Waals surface area contributed by atoms with E-state index in [4.69, 9.17) is 21.0 Å². The number of hydrogen-bond donors (Lipinski definition) is 0. The summed E-state index contributed by atoms with van der Waals surface area (Å²) in [6.45, 7) is 0. The predicted octanol–water partition coefficient (Wildman–Crippen LogP) is 2.96. The molecular formula is C16H8F6N4. The van der Waals surface area contributed by atoms with Gasteiger partial charge in [-0.25, -0.2) is 26.3 Å². The molecule has 10 heteroatoms. The number of fused-ring (bicyclic) bond motifs is 1. The Bertz CT molecular complexity index is 737. The van der Waals surface area contributed by atoms with Crippen molar-refractivity contribution in [1.29, 1.82) is 21.0 Å². The van der Waals surface area contributed by atoms with Crippen LogP contribution in [0.5, 0.6) is 0 Å². The highest BCUT2D eigenvalue weighted by Crippen LogP contribution is 2.52. The molecule has 8 atom stereocenters. The van der Waals surface area contributed by atoms with E-state index in [1.54, 1.807) is 0 Å². The van der Waals surface area contributed by atoms with Gasteiger partial charge >= 0.3 is 0 Å². The van der Waals surface area contributed by atoms with Gasteiger partial charge in [0.1, 0.15) is 60.1 Å². The first kappa shape index (κ1) is 19.3. The molecule has 2 aliphatic rings. The molecule has 8 unspecified atom stereocenters. The van der Waals surface area contributed by atoms with Crippen molar-refractivity contribution in [3.8, 4) is 24.3 Å². The van der Waals surface area contributed by atoms with Crippen LogP contribution >= 0.6 is 0 Å². The van der Waals surface area contributed by atoms with Gasteiger partial charge in [0.15, 0.2) is 12.3 Å². The highest BCUT2D eigenvalue weighted by atomic mass is 19.2. The number of alkyl halides is 6. The molecule has 0 heterocycles. The molecule has 0 amide bonds. The molecule has 2 saturated carbocycles. The molecule has 0 aromatic rings. The van der Waals surface area contributed by atoms with Crippen molar-refractivity contribution in [2.24, 2.45) is 11.8 Å². The lowest BCUT2D eigenvalue weighted by Gasteiger charge is -2.47. The summed E-state index contributed by atoms with van der Waals surface area (Å²) in [5.41, 5.74) is -4.86. The van der Waals surface area contributed by atoms with Gasteiger partial charge in [0.2, 0.25) is 0 Å². The lowest BCUT2D eigenvalue weighted by Crippen LogP contribution is -2.59. The maximum absolute atomic E-state index is 14.6. The molecule has 0 aliphatic heterocycles. The Balaban J connectivity index is 2.68. The Hall–Kier alpha value is -2.98. The average molecular weight is 370 g/mol. The Kier molecular flexibility index (Phi) is 5.28. The molecule has 0 radical (unpaired) electrons. The lowest BCUT2D eigenvalue weighted by atomic mass is 9.62. The van der Waals surface area contributed by atoms with Crippen molar-refractivity contribution in [2.45, 2.75) is 37.0 Å². The molecule has 0 spiro atoms. The minimum Gasteiger partial charge on any atom is -0.243 e. The van der Waals surface area contributed by atoms with Crippen LogP contribution < -0.4 is 0 Å². The van der Waals surface area contributed by atoms with Gasteiger partial charge < -0.3 is 0 Å². The van der Waals surface area contributed by atoms with Gasteiger partial charge in [-0.1, -0.05) is 0 Å². The van der Waals surface area contributed by atoms with Gasteiger partial charge in [-0.15, -0.1) is 0 Å². The first-order chi connectivity index (χ1) is 12.3. The maximum Gasteiger partial charge on any atom is 0.158 e. The highest BCUT2D eigenvalue weighted by molar-refractivity contribution is 5.49. The zero-order valence-electron chi connectivity index (χ0n) is 12.7. The van der Waals surface area contributed by atoms with Crippen molar-refractivity contribution >= 4 is 0 Å². The van der Waals surface area contributed by atoms with Crippen molar-refractivity contribution < 1.29 is 26.3 Å². The number of nitriles is 4. The monoisotopic (exact) mass is 370 g/mol. The summed E-state index contributed by atoms with van der Waals surface area (Å²) >= 11 is 0. The van der Waals surface area contributed by atoms with Crippen molar-refractivity contribution in [1.82, 2.24) is 0 Å². The van der Waals surface area contributed by atoms with E-state index in [1.807, 2.05) is 0 Å². The van der Waals surface area contributed by atoms with Crippen molar-refractivity contribution in [2.75, 3.05) is 0 Å². The third-order valence-electron chi connectivity index (χ3n) is 4.63. The molecule has 2 fully saturated rings. The van der Waals surface area contributed by atoms with Crippen molar-refractivity contribution in [3.63, 3.8) is 0 Å². The largest absolute Gasteiger partial charge is 0.243 e. The normalized spacial score (nSPS) is 38.8. The molecule has 26 heavy (non-hydrogen) atoms. The summed E-state index contributed by atoms with van der Waals surface area (Å²) in [6.07, 6.45) is -17.3. The van der Waals surface area contributed by atoms with Crippen LogP contribution in [0.3, 0.4) is 0 Å². The standard InChI is InChI=1S/C16H8F6N4/c17-11-7(5(1-23)2-24)13(19)15(21)10-9(11)16(22)14(20)8(12(10)18)6(3-25)4-26/h9-16H. The van der Waals surface area contributed by atoms with Crippen molar-refractivity contribution in [3.05, 3.63) is 22.3 Å². The van der Waals surface area contributed by atoms with E-state index in [1.165, 1.54) is 0 Å². The van der Waals surface area contributed by atoms with Gasteiger partial charge in [0, 0.05) is 23.0 Å². The topological polar surface area (TPSA) is 95.2 Å². The number of halogens is 6. The third kappa shape index (κ3) is 2.59. The number of rotatable bonds is 0. The zero-order valence-corrected chi connectivity index (χ0v) is 12.7. The maximum atomic E-state index is 14.6. The molecule has 2 rings (SSSR count). The Morgan fingerprint density at radius 3 is 1.04 bits per heavy atom. The summed E-state index contributed by atoms with van der Waals surface area (Å²) in [7, 11) is 0. The summed E-state index contributed by atoms with van der Waals surface area (Å²) in [5.74, 6) is -4.73. The average Bonchev–Trinajstić information content (AvgIpc) is 2.63. The van der Waals surface area contributed by atoms with Crippen LogP contribution in [-0.2, 0) is 0 Å². The number of hydrogen-bond acceptors (Lipinski definition) is 4. The van der Waals surface area contributed by atoms with Gasteiger partial charge in [-0.05, 0) is 0 Å². The molecule has 2 aliphatic carbocycles. The number of allylic oxidation sites excluding steroid dienone is 4. The second kappa shape index (κ2) is 7.10. The van der Waals surface area contributed by atoms with Gasteiger partial charge in [-0.2, -0.15) is 21.0 Å². The molecule has 0 bridgehead atoms. The second-order valence-electron chi connectivity index (χ2n) is 5.76. The zero-order chi connectivity index (χ0) is 19.8. The van der Waals surface area contributed by atoms with Crippen LogP contribution in [0, 0.1) is 57.2 Å². The van der Waals surface area contributed by atoms with Crippen LogP contribution in [0.4, 0.5) is 26.3 Å². The predicted molar refractivity (Wildman–Crippen MR) is 72.9 cm³/mol. The van der Waals surface area contributed by atoms with E-state index in [0.29, 0.717) is 0 Å². The van der Waals surface area contributed by atoms with Crippen LogP contribution in [0.15, 0.2) is 22.3 Å². The van der Waals surface area contributed by atoms with Crippen LogP contribution in [0.25, 0.3) is 0 Å². The van der Waals surface area contributed by atoms with E-state index >= 15 is 0 Å². The fraction of sp³-hybridized carbons (Fsp3) is 0.500. The summed E-state index contributed by atoms with van der Waals surface area (Å²) in [4.78, 5) is 0. The first-order valence-corrected chi connectivity index (χ1v) is 7.19. The smallest absolute Gasteiger partial charge is 0.158 e. The Morgan fingerprint density at radius 2 is 0.808 bits per heavy atom. The first-order valence-electron chi connectivity index (χ1n) is 7.19. The van der Waals surface area contributed by atoms with E-state index in [0.717, 1.165) is 24.3 Å². The van der Waals surface area contributed by atoms with Gasteiger partial charge in [0.05, 0.1) is 0 Å². The fourth-order valence-corrected chi connectivity index (χ4v) is 3.45. The molecule has 0 aromatic heterocycles. The van der Waals surface area contributed by atoms with Crippen LogP contribution in [0.1, 0.15) is 0 Å². The molecule has 4 nitrogen and oxygen atoms in total. The van der Waals surface area contributed by atoms with Gasteiger partial charge in [-0.3, -0.25) is 0 Å². The molecule has 0 saturated heterocycles. The lowest BCUT2D eigenvalue weighted by molar-refractivity contribution is -0.0803. The van der Waals surface area contributed by atoms with E-state index in [9.17, 15) is 26.3 Å². The summed E-state index contributed by atoms with van der Waals surface area (Å²) in [5, 5.41) is 34.9. The minimum atomic E-state index is -2.93. The summed E-state index contributed by atoms with van der Waals surface area (Å²) in [6, 6.07) is 4.59. The molecule has 0 N–H and O–H groups in total. The molecular weight excluding hydrogens is 362 g/mol. The SMILES string of the molecule is N#CC(C#N)=C1C(F)C(F)C2C(F)C(=C(C#N)C#N)C(F)C(F)C2C1F. The minimum absolute atomic E-state index is 1.14. The fourth-order valence-electron chi connectivity index (χ4n) is 3.45. The van der Waals surface area contributed by atoms with E-state index in [-0.39, 0.29) is 0 Å². The van der Waals surface area contributed by atoms with Crippen LogP contribution in [0.2, 0.25) is 0 Å². The molecule has 134 valence electrons. The van der Waals surface area contributed by atoms with E-state index in [2.05, 4.69) is 0 Å². The van der Waals surface area contributed by atoms with Crippen LogP contribution in [-0.4, -0.2) is 37.0 Å². The number of nitrogens with zero attached hydrogens (tertiary/aromatic N) is 4. The second-order valence-corrected chi connectivity index (χ2v) is 5.76. The Labute approximate surface area is 143 Å². The van der Waals surface area contributed by atoms with E-state index < -0.39 is 71.2 Å². The quantitative estimate of drug-likeness (QED) is 0.484. The Morgan fingerprint density at radius 1 is 0.538 bits per heavy atom. The van der Waals surface area contributed by atoms with Gasteiger partial charge in [0.25, 0.3) is 0 Å². The third-order valence-corrected chi connectivity index (χ3v) is 4.63. The molecule has 0 aromatic carbocycles. The summed E-state index contributed by atoms with van der Waals surface area (Å²) < 4.78 is 86.7.